The largest absolute Gasteiger partial charge is 0.422 e. The standard InChI is InChI=1S/C8H2F12S/c9-5(10,11)1-3(7(15,16)17)21-4(8(18,19)20)2-6(12,13)14/h1-2H/b3-1+,4-2+. The van der Waals surface area contributed by atoms with Gasteiger partial charge in [-0.2, -0.15) is 52.7 Å². The predicted octanol–water partition coefficient (Wildman–Crippen LogP) is 5.74. The maximum Gasteiger partial charge on any atom is 0.422 e. The number of hydrogen-bond acceptors (Lipinski definition) is 1. The molecule has 0 N–H and O–H groups in total. The van der Waals surface area contributed by atoms with Crippen LogP contribution in [-0.4, -0.2) is 24.7 Å². The molecule has 0 aromatic heterocycles. The fourth-order valence-corrected chi connectivity index (χ4v) is 1.61. The number of halogens is 12. The highest BCUT2D eigenvalue weighted by molar-refractivity contribution is 8.06. The van der Waals surface area contributed by atoms with E-state index >= 15 is 0 Å². The van der Waals surface area contributed by atoms with Gasteiger partial charge in [0.15, 0.2) is 0 Å². The molecule has 0 amide bonds. The number of hydrogen-bond donors (Lipinski definition) is 0. The van der Waals surface area contributed by atoms with E-state index in [0.717, 1.165) is 0 Å². The molecule has 0 aliphatic heterocycles. The average molecular weight is 358 g/mol. The molecule has 0 nitrogen and oxygen atoms in total. The molecule has 0 atom stereocenters. The summed E-state index contributed by atoms with van der Waals surface area (Å²) in [4.78, 5) is -5.74. The zero-order valence-corrected chi connectivity index (χ0v) is 9.92. The van der Waals surface area contributed by atoms with E-state index in [0.29, 0.717) is 0 Å². The van der Waals surface area contributed by atoms with E-state index in [1.165, 1.54) is 0 Å². The fourth-order valence-electron chi connectivity index (χ4n) is 0.754. The molecular weight excluding hydrogens is 356 g/mol. The zero-order valence-electron chi connectivity index (χ0n) is 9.10. The summed E-state index contributed by atoms with van der Waals surface area (Å²) in [5, 5.41) is 0. The first-order valence-electron chi connectivity index (χ1n) is 4.33. The Hall–Kier alpha value is -1.01. The Labute approximate surface area is 112 Å². The van der Waals surface area contributed by atoms with Gasteiger partial charge in [-0.3, -0.25) is 0 Å². The topological polar surface area (TPSA) is 0 Å². The highest BCUT2D eigenvalue weighted by atomic mass is 32.2. The lowest BCUT2D eigenvalue weighted by Gasteiger charge is -2.17. The minimum Gasteiger partial charge on any atom is -0.167 e. The second kappa shape index (κ2) is 6.01. The van der Waals surface area contributed by atoms with Crippen molar-refractivity contribution in [1.29, 1.82) is 0 Å². The molecule has 0 fully saturated rings. The third kappa shape index (κ3) is 8.78. The van der Waals surface area contributed by atoms with Crippen molar-refractivity contribution in [2.75, 3.05) is 0 Å². The molecule has 0 rings (SSSR count). The van der Waals surface area contributed by atoms with Crippen LogP contribution in [-0.2, 0) is 0 Å². The van der Waals surface area contributed by atoms with Crippen molar-refractivity contribution in [3.63, 3.8) is 0 Å². The van der Waals surface area contributed by atoms with Crippen LogP contribution in [0.1, 0.15) is 0 Å². The summed E-state index contributed by atoms with van der Waals surface area (Å²) in [5.41, 5.74) is 0. The van der Waals surface area contributed by atoms with Gasteiger partial charge in [0, 0.05) is 12.2 Å². The second-order valence-corrected chi connectivity index (χ2v) is 4.28. The van der Waals surface area contributed by atoms with E-state index in [1.807, 2.05) is 0 Å². The number of rotatable bonds is 2. The van der Waals surface area contributed by atoms with E-state index in [-0.39, 0.29) is 0 Å². The molecule has 0 saturated carbocycles. The van der Waals surface area contributed by atoms with Crippen LogP contribution < -0.4 is 0 Å². The molecule has 0 aliphatic rings. The quantitative estimate of drug-likeness (QED) is 0.568. The average Bonchev–Trinajstić information content (AvgIpc) is 2.07. The molecule has 0 aromatic carbocycles. The molecule has 0 bridgehead atoms. The summed E-state index contributed by atoms with van der Waals surface area (Å²) in [7, 11) is 0. The summed E-state index contributed by atoms with van der Waals surface area (Å²) < 4.78 is 144. The van der Waals surface area contributed by atoms with Crippen LogP contribution in [0, 0.1) is 0 Å². The first-order chi connectivity index (χ1) is 8.92. The highest BCUT2D eigenvalue weighted by Gasteiger charge is 2.45. The van der Waals surface area contributed by atoms with Gasteiger partial charge in [-0.15, -0.1) is 0 Å². The van der Waals surface area contributed by atoms with Gasteiger partial charge in [0.1, 0.15) is 0 Å². The third-order valence-corrected chi connectivity index (χ3v) is 2.51. The van der Waals surface area contributed by atoms with Crippen LogP contribution in [0.25, 0.3) is 0 Å². The Bertz CT molecular complexity index is 374. The zero-order chi connectivity index (χ0) is 17.3. The van der Waals surface area contributed by atoms with E-state index in [1.54, 1.807) is 0 Å². The summed E-state index contributed by atoms with van der Waals surface area (Å²) in [6.45, 7) is 0. The normalized spacial score (nSPS) is 16.4. The van der Waals surface area contributed by atoms with Crippen LogP contribution in [0.4, 0.5) is 52.7 Å². The number of allylic oxidation sites excluding steroid dienone is 4. The van der Waals surface area contributed by atoms with Crippen LogP contribution in [0.5, 0.6) is 0 Å². The van der Waals surface area contributed by atoms with Gasteiger partial charge in [-0.05, 0) is 0 Å². The first kappa shape index (κ1) is 20.0. The molecule has 0 spiro atoms. The van der Waals surface area contributed by atoms with E-state index in [4.69, 9.17) is 0 Å². The predicted molar refractivity (Wildman–Crippen MR) is 48.0 cm³/mol. The second-order valence-electron chi connectivity index (χ2n) is 3.20. The van der Waals surface area contributed by atoms with Crippen molar-refractivity contribution in [3.05, 3.63) is 22.0 Å². The Morgan fingerprint density at radius 2 is 0.762 bits per heavy atom. The number of thioether (sulfide) groups is 1. The molecule has 0 radical (unpaired) electrons. The lowest BCUT2D eigenvalue weighted by molar-refractivity contribution is -0.104. The third-order valence-electron chi connectivity index (χ3n) is 1.37. The molecule has 124 valence electrons. The van der Waals surface area contributed by atoms with Gasteiger partial charge in [0.2, 0.25) is 0 Å². The Kier molecular flexibility index (Phi) is 5.72. The van der Waals surface area contributed by atoms with Gasteiger partial charge < -0.3 is 0 Å². The molecule has 0 saturated heterocycles. The maximum absolute atomic E-state index is 12.2. The van der Waals surface area contributed by atoms with Gasteiger partial charge in [0.25, 0.3) is 0 Å². The number of alkyl halides is 12. The van der Waals surface area contributed by atoms with Gasteiger partial charge in [0.05, 0.1) is 9.81 Å². The molecule has 21 heavy (non-hydrogen) atoms. The summed E-state index contributed by atoms with van der Waals surface area (Å²) >= 11 is -1.71. The smallest absolute Gasteiger partial charge is 0.167 e. The molecule has 13 heteroatoms. The van der Waals surface area contributed by atoms with Crippen molar-refractivity contribution in [3.8, 4) is 0 Å². The minimum atomic E-state index is -5.91. The fraction of sp³-hybridized carbons (Fsp3) is 0.500. The van der Waals surface area contributed by atoms with Crippen molar-refractivity contribution >= 4 is 11.8 Å². The van der Waals surface area contributed by atoms with Gasteiger partial charge in [-0.1, -0.05) is 11.8 Å². The van der Waals surface area contributed by atoms with E-state index in [9.17, 15) is 52.7 Å². The molecule has 0 aliphatic carbocycles. The summed E-state index contributed by atoms with van der Waals surface area (Å²) in [6.07, 6.45) is -26.2. The minimum absolute atomic E-state index is 1.55. The summed E-state index contributed by atoms with van der Waals surface area (Å²) in [6, 6.07) is 0. The lowest BCUT2D eigenvalue weighted by Crippen LogP contribution is -2.19. The Balaban J connectivity index is 5.78. The molecule has 0 unspecified atom stereocenters. The Morgan fingerprint density at radius 3 is 0.905 bits per heavy atom. The molecule has 0 aromatic rings. The van der Waals surface area contributed by atoms with E-state index < -0.39 is 58.4 Å². The lowest BCUT2D eigenvalue weighted by atomic mass is 10.4. The monoisotopic (exact) mass is 358 g/mol. The van der Waals surface area contributed by atoms with Crippen LogP contribution in [0.2, 0.25) is 0 Å². The van der Waals surface area contributed by atoms with E-state index in [2.05, 4.69) is 0 Å². The van der Waals surface area contributed by atoms with Crippen molar-refractivity contribution in [2.45, 2.75) is 24.7 Å². The first-order valence-corrected chi connectivity index (χ1v) is 5.15. The van der Waals surface area contributed by atoms with Crippen LogP contribution in [0.3, 0.4) is 0 Å². The van der Waals surface area contributed by atoms with Gasteiger partial charge >= 0.3 is 24.7 Å². The Morgan fingerprint density at radius 1 is 0.524 bits per heavy atom. The highest BCUT2D eigenvalue weighted by Crippen LogP contribution is 2.47. The van der Waals surface area contributed by atoms with Crippen molar-refractivity contribution in [1.82, 2.24) is 0 Å². The van der Waals surface area contributed by atoms with Crippen molar-refractivity contribution < 1.29 is 52.7 Å². The molecular formula is C8H2F12S. The maximum atomic E-state index is 12.2. The van der Waals surface area contributed by atoms with Crippen LogP contribution >= 0.6 is 11.8 Å². The SMILES string of the molecule is FC(F)(F)/C=C(/S/C(=C/C(F)(F)F)C(F)(F)F)C(F)(F)F. The van der Waals surface area contributed by atoms with Crippen molar-refractivity contribution in [2.24, 2.45) is 0 Å². The van der Waals surface area contributed by atoms with Crippen LogP contribution in [0.15, 0.2) is 22.0 Å². The van der Waals surface area contributed by atoms with Gasteiger partial charge in [-0.25, -0.2) is 0 Å². The summed E-state index contributed by atoms with van der Waals surface area (Å²) in [5.74, 6) is 0. The molecule has 0 heterocycles.